The van der Waals surface area contributed by atoms with Crippen molar-refractivity contribution in [3.63, 3.8) is 0 Å². The van der Waals surface area contributed by atoms with E-state index in [1.165, 1.54) is 6.20 Å². The van der Waals surface area contributed by atoms with Crippen molar-refractivity contribution in [1.29, 1.82) is 0 Å². The number of rotatable bonds is 7. The number of likely N-dealkylation sites (tertiary alicyclic amines) is 1. The molecule has 26 heavy (non-hydrogen) atoms. The molecule has 1 saturated heterocycles. The summed E-state index contributed by atoms with van der Waals surface area (Å²) < 4.78 is 5.24. The molecule has 2 heterocycles. The van der Waals surface area contributed by atoms with Crippen LogP contribution in [0, 0.1) is 5.92 Å². The first-order chi connectivity index (χ1) is 12.6. The summed E-state index contributed by atoms with van der Waals surface area (Å²) in [6, 6.07) is 9.43. The lowest BCUT2D eigenvalue weighted by Crippen LogP contribution is -2.42. The highest BCUT2D eigenvalue weighted by Crippen LogP contribution is 2.23. The van der Waals surface area contributed by atoms with Crippen LogP contribution >= 0.6 is 0 Å². The number of benzene rings is 1. The van der Waals surface area contributed by atoms with Gasteiger partial charge in [0.15, 0.2) is 5.76 Å². The Balaban J connectivity index is 1.47. The largest absolute Gasteiger partial charge is 0.369 e. The molecule has 138 valence electrons. The minimum atomic E-state index is -0.219. The van der Waals surface area contributed by atoms with Crippen molar-refractivity contribution in [3.8, 4) is 11.3 Å². The van der Waals surface area contributed by atoms with E-state index >= 15 is 0 Å². The second-order valence-electron chi connectivity index (χ2n) is 6.59. The number of carbonyl (C=O) groups excluding carboxylic acids is 2. The zero-order chi connectivity index (χ0) is 18.4. The maximum absolute atomic E-state index is 12.4. The molecule has 0 radical (unpaired) electrons. The van der Waals surface area contributed by atoms with Crippen molar-refractivity contribution in [2.24, 2.45) is 11.7 Å². The molecule has 1 atom stereocenters. The summed E-state index contributed by atoms with van der Waals surface area (Å²) in [6.07, 6.45) is 4.11. The van der Waals surface area contributed by atoms with Gasteiger partial charge in [-0.25, -0.2) is 0 Å². The molecule has 7 heteroatoms. The second-order valence-corrected chi connectivity index (χ2v) is 6.59. The number of nitrogens with one attached hydrogen (secondary N) is 1. The summed E-state index contributed by atoms with van der Waals surface area (Å²) in [6.45, 7) is 3.07. The van der Waals surface area contributed by atoms with Crippen LogP contribution in [0.1, 0.15) is 29.6 Å². The average Bonchev–Trinajstić information content (AvgIpc) is 3.16. The van der Waals surface area contributed by atoms with E-state index in [-0.39, 0.29) is 17.7 Å². The number of hydrogen-bond acceptors (Lipinski definition) is 5. The molecule has 2 aromatic rings. The van der Waals surface area contributed by atoms with Crippen LogP contribution in [0.25, 0.3) is 11.3 Å². The van der Waals surface area contributed by atoms with Crippen LogP contribution in [0.3, 0.4) is 0 Å². The van der Waals surface area contributed by atoms with E-state index < -0.39 is 0 Å². The Morgan fingerprint density at radius 3 is 2.88 bits per heavy atom. The van der Waals surface area contributed by atoms with Crippen molar-refractivity contribution in [2.45, 2.75) is 19.3 Å². The Kier molecular flexibility index (Phi) is 6.01. The molecule has 0 spiro atoms. The Bertz CT molecular complexity index is 744. The summed E-state index contributed by atoms with van der Waals surface area (Å²) >= 11 is 0. The monoisotopic (exact) mass is 356 g/mol. The number of carbonyl (C=O) groups is 2. The van der Waals surface area contributed by atoms with Crippen LogP contribution < -0.4 is 11.1 Å². The number of amides is 2. The molecule has 0 unspecified atom stereocenters. The van der Waals surface area contributed by atoms with Gasteiger partial charge in [0.25, 0.3) is 5.91 Å². The molecule has 1 aromatic heterocycles. The van der Waals surface area contributed by atoms with Crippen molar-refractivity contribution >= 4 is 11.8 Å². The van der Waals surface area contributed by atoms with Gasteiger partial charge >= 0.3 is 0 Å². The summed E-state index contributed by atoms with van der Waals surface area (Å²) in [7, 11) is 0. The molecule has 7 nitrogen and oxygen atoms in total. The SMILES string of the molecule is NC(=O)[C@@H]1CCCN(CCCNC(=O)c2cnoc2-c2ccccc2)C1. The molecule has 1 aliphatic rings. The average molecular weight is 356 g/mol. The van der Waals surface area contributed by atoms with Crippen LogP contribution in [0.2, 0.25) is 0 Å². The smallest absolute Gasteiger partial charge is 0.256 e. The molecule has 0 bridgehead atoms. The fourth-order valence-electron chi connectivity index (χ4n) is 3.29. The van der Waals surface area contributed by atoms with E-state index in [4.69, 9.17) is 10.3 Å². The predicted octanol–water partition coefficient (Wildman–Crippen LogP) is 1.66. The fraction of sp³-hybridized carbons (Fsp3) is 0.421. The van der Waals surface area contributed by atoms with Gasteiger partial charge in [-0.1, -0.05) is 35.5 Å². The third kappa shape index (κ3) is 4.49. The summed E-state index contributed by atoms with van der Waals surface area (Å²) in [5.74, 6) is 0.00914. The Hall–Kier alpha value is -2.67. The highest BCUT2D eigenvalue weighted by molar-refractivity contribution is 5.99. The third-order valence-electron chi connectivity index (χ3n) is 4.70. The van der Waals surface area contributed by atoms with Gasteiger partial charge < -0.3 is 20.5 Å². The molecular formula is C19H24N4O3. The first kappa shape index (κ1) is 18.1. The van der Waals surface area contributed by atoms with Gasteiger partial charge in [0.2, 0.25) is 5.91 Å². The predicted molar refractivity (Wildman–Crippen MR) is 97.2 cm³/mol. The van der Waals surface area contributed by atoms with Crippen molar-refractivity contribution in [1.82, 2.24) is 15.4 Å². The lowest BCUT2D eigenvalue weighted by molar-refractivity contribution is -0.123. The number of nitrogens with zero attached hydrogens (tertiary/aromatic N) is 2. The minimum Gasteiger partial charge on any atom is -0.369 e. The van der Waals surface area contributed by atoms with Crippen LogP contribution in [-0.4, -0.2) is 48.0 Å². The van der Waals surface area contributed by atoms with Crippen LogP contribution in [0.4, 0.5) is 0 Å². The lowest BCUT2D eigenvalue weighted by atomic mass is 9.97. The van der Waals surface area contributed by atoms with Crippen LogP contribution in [0.15, 0.2) is 41.1 Å². The number of nitrogens with two attached hydrogens (primary N) is 1. The quantitative estimate of drug-likeness (QED) is 0.735. The van der Waals surface area contributed by atoms with Crippen molar-refractivity contribution < 1.29 is 14.1 Å². The van der Waals surface area contributed by atoms with Gasteiger partial charge in [-0.05, 0) is 32.4 Å². The first-order valence-corrected chi connectivity index (χ1v) is 8.95. The van der Waals surface area contributed by atoms with Gasteiger partial charge in [0, 0.05) is 18.7 Å². The van der Waals surface area contributed by atoms with Gasteiger partial charge in [-0.2, -0.15) is 0 Å². The first-order valence-electron chi connectivity index (χ1n) is 8.95. The van der Waals surface area contributed by atoms with E-state index in [0.717, 1.165) is 37.9 Å². The number of piperidine rings is 1. The Morgan fingerprint density at radius 1 is 1.31 bits per heavy atom. The molecule has 1 aromatic carbocycles. The number of aromatic nitrogens is 1. The third-order valence-corrected chi connectivity index (χ3v) is 4.70. The van der Waals surface area contributed by atoms with E-state index in [2.05, 4.69) is 15.4 Å². The maximum atomic E-state index is 12.4. The van der Waals surface area contributed by atoms with Gasteiger partial charge in [-0.3, -0.25) is 9.59 Å². The highest BCUT2D eigenvalue weighted by Gasteiger charge is 2.23. The second kappa shape index (κ2) is 8.62. The Morgan fingerprint density at radius 2 is 2.12 bits per heavy atom. The molecule has 3 N–H and O–H groups in total. The molecule has 0 aliphatic carbocycles. The summed E-state index contributed by atoms with van der Waals surface area (Å²) in [4.78, 5) is 26.0. The fourth-order valence-corrected chi connectivity index (χ4v) is 3.29. The molecular weight excluding hydrogens is 332 g/mol. The highest BCUT2D eigenvalue weighted by atomic mass is 16.5. The van der Waals surface area contributed by atoms with Crippen molar-refractivity contribution in [2.75, 3.05) is 26.2 Å². The van der Waals surface area contributed by atoms with Gasteiger partial charge in [0.1, 0.15) is 5.56 Å². The topological polar surface area (TPSA) is 101 Å². The zero-order valence-electron chi connectivity index (χ0n) is 14.7. The summed E-state index contributed by atoms with van der Waals surface area (Å²) in [5, 5.41) is 6.67. The zero-order valence-corrected chi connectivity index (χ0v) is 14.7. The normalized spacial score (nSPS) is 17.8. The summed E-state index contributed by atoms with van der Waals surface area (Å²) in [5.41, 5.74) is 6.66. The number of primary amides is 1. The van der Waals surface area contributed by atoms with E-state index in [1.54, 1.807) is 0 Å². The maximum Gasteiger partial charge on any atom is 0.256 e. The molecule has 2 amide bonds. The minimum absolute atomic E-state index is 0.0521. The standard InChI is InChI=1S/C19H24N4O3/c20-18(24)15-8-4-10-23(13-15)11-5-9-21-19(25)16-12-22-26-17(16)14-6-2-1-3-7-14/h1-3,6-7,12,15H,4-5,8-11,13H2,(H2,20,24)(H,21,25)/t15-/m1/s1. The number of hydrogen-bond donors (Lipinski definition) is 2. The van der Waals surface area contributed by atoms with E-state index in [1.807, 2.05) is 30.3 Å². The van der Waals surface area contributed by atoms with Gasteiger partial charge in [-0.15, -0.1) is 0 Å². The van der Waals surface area contributed by atoms with Crippen LogP contribution in [0.5, 0.6) is 0 Å². The van der Waals surface area contributed by atoms with E-state index in [0.29, 0.717) is 24.4 Å². The van der Waals surface area contributed by atoms with Gasteiger partial charge in [0.05, 0.1) is 12.1 Å². The van der Waals surface area contributed by atoms with Crippen LogP contribution in [-0.2, 0) is 4.79 Å². The molecule has 1 aliphatic heterocycles. The molecule has 0 saturated carbocycles. The molecule has 1 fully saturated rings. The molecule has 3 rings (SSSR count). The van der Waals surface area contributed by atoms with Crippen molar-refractivity contribution in [3.05, 3.63) is 42.1 Å². The Labute approximate surface area is 152 Å². The van der Waals surface area contributed by atoms with E-state index in [9.17, 15) is 9.59 Å². The lowest BCUT2D eigenvalue weighted by Gasteiger charge is -2.31.